The van der Waals surface area contributed by atoms with Crippen molar-refractivity contribution in [1.82, 2.24) is 16.0 Å². The second-order valence-corrected chi connectivity index (χ2v) is 6.53. The third-order valence-corrected chi connectivity index (χ3v) is 4.44. The molecular weight excluding hydrogens is 330 g/mol. The fraction of sp³-hybridized carbons (Fsp3) is 0.167. The van der Waals surface area contributed by atoms with Gasteiger partial charge in [-0.25, -0.2) is 0 Å². The second kappa shape index (κ2) is 9.48. The lowest BCUT2D eigenvalue weighted by molar-refractivity contribution is 0.787. The van der Waals surface area contributed by atoms with Gasteiger partial charge in [0.15, 0.2) is 0 Å². The number of hydrogen-bond donors (Lipinski definition) is 3. The molecule has 0 spiro atoms. The summed E-state index contributed by atoms with van der Waals surface area (Å²) in [7, 11) is 1.87. The molecule has 0 saturated heterocycles. The summed E-state index contributed by atoms with van der Waals surface area (Å²) in [5, 5.41) is 9.71. The highest BCUT2D eigenvalue weighted by Gasteiger charge is 2.08. The van der Waals surface area contributed by atoms with Crippen molar-refractivity contribution in [3.8, 4) is 0 Å². The summed E-state index contributed by atoms with van der Waals surface area (Å²) >= 11 is 0. The summed E-state index contributed by atoms with van der Waals surface area (Å²) in [4.78, 5) is 0. The first-order valence-electron chi connectivity index (χ1n) is 8.98. The van der Waals surface area contributed by atoms with Crippen molar-refractivity contribution in [1.29, 1.82) is 0 Å². The Balaban J connectivity index is 1.89. The predicted molar refractivity (Wildman–Crippen MR) is 118 cm³/mol. The van der Waals surface area contributed by atoms with Crippen LogP contribution in [0, 0.1) is 6.92 Å². The molecule has 0 aliphatic rings. The molecule has 140 valence electrons. The van der Waals surface area contributed by atoms with Gasteiger partial charge in [-0.3, -0.25) is 0 Å². The van der Waals surface area contributed by atoms with E-state index in [2.05, 4.69) is 79.5 Å². The molecule has 2 aromatic rings. The highest BCUT2D eigenvalue weighted by molar-refractivity contribution is 5.78. The van der Waals surface area contributed by atoms with E-state index in [1.54, 1.807) is 0 Å². The molecule has 3 N–H and O–H groups in total. The van der Waals surface area contributed by atoms with Crippen LogP contribution in [-0.2, 0) is 6.54 Å². The van der Waals surface area contributed by atoms with Gasteiger partial charge in [0.2, 0.25) is 0 Å². The van der Waals surface area contributed by atoms with Gasteiger partial charge in [0.05, 0.1) is 0 Å². The maximum absolute atomic E-state index is 4.21. The minimum Gasteiger partial charge on any atom is -0.388 e. The molecule has 2 rings (SSSR count). The van der Waals surface area contributed by atoms with Crippen molar-refractivity contribution >= 4 is 11.3 Å². The Bertz CT molecular complexity index is 844. The largest absolute Gasteiger partial charge is 0.388 e. The first-order chi connectivity index (χ1) is 12.9. The molecule has 0 bridgehead atoms. The van der Waals surface area contributed by atoms with E-state index < -0.39 is 0 Å². The van der Waals surface area contributed by atoms with Crippen LogP contribution in [0.3, 0.4) is 0 Å². The van der Waals surface area contributed by atoms with E-state index in [0.29, 0.717) is 13.1 Å². The lowest BCUT2D eigenvalue weighted by atomic mass is 9.99. The summed E-state index contributed by atoms with van der Waals surface area (Å²) < 4.78 is 0. The summed E-state index contributed by atoms with van der Waals surface area (Å²) in [6.07, 6.45) is 0. The molecule has 0 aliphatic carbocycles. The van der Waals surface area contributed by atoms with Crippen molar-refractivity contribution in [2.45, 2.75) is 13.5 Å². The number of nitrogens with one attached hydrogen (secondary N) is 3. The highest BCUT2D eigenvalue weighted by Crippen LogP contribution is 2.22. The van der Waals surface area contributed by atoms with E-state index in [1.807, 2.05) is 25.2 Å². The van der Waals surface area contributed by atoms with Crippen molar-refractivity contribution in [2.24, 2.45) is 0 Å². The van der Waals surface area contributed by atoms with Gasteiger partial charge in [-0.1, -0.05) is 80.4 Å². The second-order valence-electron chi connectivity index (χ2n) is 6.53. The van der Waals surface area contributed by atoms with Crippen molar-refractivity contribution in [2.75, 3.05) is 13.6 Å². The van der Waals surface area contributed by atoms with Crippen molar-refractivity contribution < 1.29 is 0 Å². The Morgan fingerprint density at radius 3 is 2.04 bits per heavy atom. The Labute approximate surface area is 163 Å². The van der Waals surface area contributed by atoms with Gasteiger partial charge in [-0.05, 0) is 23.6 Å². The van der Waals surface area contributed by atoms with E-state index in [0.717, 1.165) is 33.8 Å². The average molecular weight is 360 g/mol. The van der Waals surface area contributed by atoms with Gasteiger partial charge in [0, 0.05) is 42.8 Å². The molecule has 27 heavy (non-hydrogen) atoms. The van der Waals surface area contributed by atoms with Crippen molar-refractivity contribution in [3.63, 3.8) is 0 Å². The average Bonchev–Trinajstić information content (AvgIpc) is 2.70. The lowest BCUT2D eigenvalue weighted by Gasteiger charge is -2.17. The zero-order chi connectivity index (χ0) is 19.8. The lowest BCUT2D eigenvalue weighted by Crippen LogP contribution is -2.23. The van der Waals surface area contributed by atoms with E-state index in [9.17, 15) is 0 Å². The fourth-order valence-corrected chi connectivity index (χ4v) is 2.63. The molecule has 0 atom stereocenters. The Hall–Kier alpha value is -3.20. The monoisotopic (exact) mass is 359 g/mol. The minimum atomic E-state index is 0.581. The molecular formula is C24H29N3. The maximum Gasteiger partial charge on any atom is 0.0499 e. The van der Waals surface area contributed by atoms with Crippen LogP contribution in [-0.4, -0.2) is 13.6 Å². The molecule has 3 nitrogen and oxygen atoms in total. The molecule has 2 aromatic carbocycles. The van der Waals surface area contributed by atoms with Crippen LogP contribution >= 0.6 is 0 Å². The molecule has 0 fully saturated rings. The zero-order valence-corrected chi connectivity index (χ0v) is 16.4. The Morgan fingerprint density at radius 2 is 1.41 bits per heavy atom. The summed E-state index contributed by atoms with van der Waals surface area (Å²) in [5.74, 6) is 0. The fourth-order valence-electron chi connectivity index (χ4n) is 2.63. The van der Waals surface area contributed by atoms with Gasteiger partial charge in [-0.15, -0.1) is 0 Å². The first kappa shape index (κ1) is 20.1. The molecule has 0 aromatic heterocycles. The predicted octanol–water partition coefficient (Wildman–Crippen LogP) is 4.61. The molecule has 0 radical (unpaired) electrons. The van der Waals surface area contributed by atoms with Crippen molar-refractivity contribution in [3.05, 3.63) is 108 Å². The van der Waals surface area contributed by atoms with Gasteiger partial charge < -0.3 is 16.0 Å². The van der Waals surface area contributed by atoms with Crippen LogP contribution in [0.25, 0.3) is 11.3 Å². The number of benzene rings is 2. The van der Waals surface area contributed by atoms with Gasteiger partial charge in [0.1, 0.15) is 0 Å². The molecule has 0 saturated carbocycles. The van der Waals surface area contributed by atoms with Crippen LogP contribution in [0.4, 0.5) is 0 Å². The third kappa shape index (κ3) is 5.65. The van der Waals surface area contributed by atoms with E-state index in [-0.39, 0.29) is 0 Å². The SMILES string of the molecule is C=C(NCC(=C)c1ccccc1C(=C)NC)C(=C)NCc1ccc(C)cc1. The van der Waals surface area contributed by atoms with Crippen LogP contribution in [0.5, 0.6) is 0 Å². The Morgan fingerprint density at radius 1 is 0.815 bits per heavy atom. The summed E-state index contributed by atoms with van der Waals surface area (Å²) in [6.45, 7) is 19.8. The smallest absolute Gasteiger partial charge is 0.0499 e. The third-order valence-electron chi connectivity index (χ3n) is 4.44. The van der Waals surface area contributed by atoms with Crippen LogP contribution in [0.1, 0.15) is 22.3 Å². The molecule has 0 aliphatic heterocycles. The van der Waals surface area contributed by atoms with Crippen LogP contribution in [0.15, 0.2) is 86.2 Å². The topological polar surface area (TPSA) is 36.1 Å². The van der Waals surface area contributed by atoms with Crippen LogP contribution in [0.2, 0.25) is 0 Å². The van der Waals surface area contributed by atoms with Gasteiger partial charge in [0.25, 0.3) is 0 Å². The quantitative estimate of drug-likeness (QED) is 0.542. The standard InChI is InChI=1S/C24H29N3/c1-17-11-13-22(14-12-17)16-27-20(4)19(3)26-15-18(2)23-9-7-8-10-24(23)21(5)25-6/h7-14,25-27H,2-5,15-16H2,1,6H3. The van der Waals surface area contributed by atoms with Crippen LogP contribution < -0.4 is 16.0 Å². The Kier molecular flexibility index (Phi) is 7.07. The number of rotatable bonds is 10. The van der Waals surface area contributed by atoms with Gasteiger partial charge in [-0.2, -0.15) is 0 Å². The summed E-state index contributed by atoms with van der Waals surface area (Å²) in [5.41, 5.74) is 7.94. The molecule has 3 heteroatoms. The highest BCUT2D eigenvalue weighted by atomic mass is 15.0. The number of hydrogen-bond acceptors (Lipinski definition) is 3. The maximum atomic E-state index is 4.21. The normalized spacial score (nSPS) is 10.0. The molecule has 0 unspecified atom stereocenters. The van der Waals surface area contributed by atoms with E-state index in [1.165, 1.54) is 11.1 Å². The first-order valence-corrected chi connectivity index (χ1v) is 8.98. The summed E-state index contributed by atoms with van der Waals surface area (Å²) in [6, 6.07) is 16.5. The minimum absolute atomic E-state index is 0.581. The number of aryl methyl sites for hydroxylation is 1. The van der Waals surface area contributed by atoms with Gasteiger partial charge >= 0.3 is 0 Å². The van der Waals surface area contributed by atoms with E-state index >= 15 is 0 Å². The molecule has 0 heterocycles. The van der Waals surface area contributed by atoms with E-state index in [4.69, 9.17) is 0 Å². The molecule has 0 amide bonds. The zero-order valence-electron chi connectivity index (χ0n) is 16.4.